The van der Waals surface area contributed by atoms with Crippen LogP contribution in [0.3, 0.4) is 0 Å². The average Bonchev–Trinajstić information content (AvgIpc) is 2.78. The maximum atomic E-state index is 14.4. The van der Waals surface area contributed by atoms with Crippen molar-refractivity contribution in [1.29, 1.82) is 0 Å². The molecule has 0 fully saturated rings. The molecule has 0 radical (unpaired) electrons. The number of para-hydroxylation sites is 2. The molecule has 0 saturated carbocycles. The lowest BCUT2D eigenvalue weighted by Gasteiger charge is -2.15. The van der Waals surface area contributed by atoms with Gasteiger partial charge < -0.3 is 0 Å². The largest absolute Gasteiger partial charge is 0.336 e. The number of carbonyl (C=O) groups is 1. The number of benzene rings is 3. The highest BCUT2D eigenvalue weighted by Gasteiger charge is 2.17. The molecule has 3 aromatic carbocycles. The molecule has 0 amide bonds. The number of Topliss-reactive ketones (excluding diaryl/α,β-unsaturated/α-hetero) is 1. The molecule has 0 unspecified atom stereocenters. The van der Waals surface area contributed by atoms with Crippen molar-refractivity contribution in [3.05, 3.63) is 111 Å². The first-order chi connectivity index (χ1) is 14.5. The minimum absolute atomic E-state index is 0.0391. The van der Waals surface area contributed by atoms with E-state index in [0.717, 1.165) is 10.1 Å². The van der Waals surface area contributed by atoms with E-state index in [2.05, 4.69) is 0 Å². The van der Waals surface area contributed by atoms with Gasteiger partial charge >= 0.3 is 5.69 Å². The Morgan fingerprint density at radius 1 is 0.900 bits per heavy atom. The number of rotatable bonds is 5. The van der Waals surface area contributed by atoms with Crippen molar-refractivity contribution >= 4 is 16.7 Å². The van der Waals surface area contributed by atoms with E-state index >= 15 is 0 Å². The maximum Gasteiger partial charge on any atom is 0.336 e. The van der Waals surface area contributed by atoms with Gasteiger partial charge in [-0.1, -0.05) is 55.5 Å². The van der Waals surface area contributed by atoms with E-state index in [1.165, 1.54) is 22.8 Å². The van der Waals surface area contributed by atoms with Crippen LogP contribution < -0.4 is 11.2 Å². The number of fused-ring (bicyclic) bond motifs is 1. The Kier molecular flexibility index (Phi) is 5.14. The fourth-order valence-corrected chi connectivity index (χ4v) is 3.50. The zero-order valence-corrected chi connectivity index (χ0v) is 16.3. The summed E-state index contributed by atoms with van der Waals surface area (Å²) >= 11 is 0. The van der Waals surface area contributed by atoms with Crippen LogP contribution in [0.5, 0.6) is 0 Å². The van der Waals surface area contributed by atoms with E-state index in [1.54, 1.807) is 61.5 Å². The Morgan fingerprint density at radius 2 is 1.57 bits per heavy atom. The molecule has 0 atom stereocenters. The molecule has 0 bridgehead atoms. The SMILES string of the molecule is CCC(=O)c1ccc(Cn2c(=O)n(-c3ccccc3F)c(=O)c3ccccc32)cc1. The summed E-state index contributed by atoms with van der Waals surface area (Å²) in [7, 11) is 0. The van der Waals surface area contributed by atoms with Gasteiger partial charge in [0.1, 0.15) is 5.82 Å². The lowest BCUT2D eigenvalue weighted by molar-refractivity contribution is 0.0988. The monoisotopic (exact) mass is 402 g/mol. The third kappa shape index (κ3) is 3.37. The van der Waals surface area contributed by atoms with Gasteiger partial charge in [-0.15, -0.1) is 0 Å². The molecule has 0 aliphatic rings. The fourth-order valence-electron chi connectivity index (χ4n) is 3.50. The first-order valence-electron chi connectivity index (χ1n) is 9.63. The predicted molar refractivity (Wildman–Crippen MR) is 114 cm³/mol. The van der Waals surface area contributed by atoms with Gasteiger partial charge in [-0.25, -0.2) is 13.8 Å². The number of hydrogen-bond donors (Lipinski definition) is 0. The number of nitrogens with zero attached hydrogens (tertiary/aromatic N) is 2. The third-order valence-corrected chi connectivity index (χ3v) is 5.08. The second kappa shape index (κ2) is 7.91. The Hall–Kier alpha value is -3.80. The van der Waals surface area contributed by atoms with Crippen LogP contribution in [-0.4, -0.2) is 14.9 Å². The molecule has 30 heavy (non-hydrogen) atoms. The van der Waals surface area contributed by atoms with Crippen LogP contribution in [0.2, 0.25) is 0 Å². The minimum Gasteiger partial charge on any atom is -0.294 e. The van der Waals surface area contributed by atoms with Gasteiger partial charge in [-0.3, -0.25) is 14.2 Å². The van der Waals surface area contributed by atoms with Crippen LogP contribution in [0.1, 0.15) is 29.3 Å². The molecule has 4 rings (SSSR count). The number of hydrogen-bond acceptors (Lipinski definition) is 3. The van der Waals surface area contributed by atoms with Crippen molar-refractivity contribution < 1.29 is 9.18 Å². The zero-order chi connectivity index (χ0) is 21.3. The lowest BCUT2D eigenvalue weighted by atomic mass is 10.1. The molecule has 6 heteroatoms. The topological polar surface area (TPSA) is 61.1 Å². The Labute approximate surface area is 171 Å². The first kappa shape index (κ1) is 19.5. The highest BCUT2D eigenvalue weighted by atomic mass is 19.1. The Bertz CT molecular complexity index is 1370. The zero-order valence-electron chi connectivity index (χ0n) is 16.3. The summed E-state index contributed by atoms with van der Waals surface area (Å²) in [5.74, 6) is -0.613. The summed E-state index contributed by atoms with van der Waals surface area (Å²) in [6.07, 6.45) is 0.414. The van der Waals surface area contributed by atoms with E-state index in [9.17, 15) is 18.8 Å². The molecule has 0 aliphatic heterocycles. The standard InChI is InChI=1S/C24H19FN2O3/c1-2-22(28)17-13-11-16(12-14-17)15-26-20-9-5-3-7-18(20)23(29)27(24(26)30)21-10-6-4-8-19(21)25/h3-14H,2,15H2,1H3. The summed E-state index contributed by atoms with van der Waals surface area (Å²) in [6, 6.07) is 19.5. The first-order valence-corrected chi connectivity index (χ1v) is 9.63. The number of halogens is 1. The van der Waals surface area contributed by atoms with Gasteiger partial charge in [-0.2, -0.15) is 0 Å². The number of ketones is 1. The van der Waals surface area contributed by atoms with Gasteiger partial charge in [0.25, 0.3) is 5.56 Å². The summed E-state index contributed by atoms with van der Waals surface area (Å²) in [5, 5.41) is 0.318. The Balaban J connectivity index is 1.92. The maximum absolute atomic E-state index is 14.4. The molecule has 0 aliphatic carbocycles. The van der Waals surface area contributed by atoms with Gasteiger partial charge in [0.05, 0.1) is 23.1 Å². The summed E-state index contributed by atoms with van der Waals surface area (Å²) in [6.45, 7) is 1.97. The van der Waals surface area contributed by atoms with E-state index in [-0.39, 0.29) is 18.0 Å². The molecule has 0 N–H and O–H groups in total. The predicted octanol–water partition coefficient (Wildman–Crippen LogP) is 3.93. The van der Waals surface area contributed by atoms with E-state index in [1.807, 2.05) is 0 Å². The van der Waals surface area contributed by atoms with Gasteiger partial charge in [0, 0.05) is 12.0 Å². The number of carbonyl (C=O) groups excluding carboxylic acids is 1. The summed E-state index contributed by atoms with van der Waals surface area (Å²) in [4.78, 5) is 38.1. The molecule has 1 heterocycles. The molecule has 5 nitrogen and oxygen atoms in total. The highest BCUT2D eigenvalue weighted by molar-refractivity contribution is 5.95. The molecular formula is C24H19FN2O3. The summed E-state index contributed by atoms with van der Waals surface area (Å²) < 4.78 is 16.7. The molecule has 0 saturated heterocycles. The van der Waals surface area contributed by atoms with Crippen molar-refractivity contribution in [3.63, 3.8) is 0 Å². The van der Waals surface area contributed by atoms with Crippen molar-refractivity contribution in [2.24, 2.45) is 0 Å². The van der Waals surface area contributed by atoms with Crippen molar-refractivity contribution in [3.8, 4) is 5.69 Å². The van der Waals surface area contributed by atoms with E-state index < -0.39 is 17.1 Å². The quantitative estimate of drug-likeness (QED) is 0.475. The van der Waals surface area contributed by atoms with E-state index in [0.29, 0.717) is 22.9 Å². The van der Waals surface area contributed by atoms with Crippen LogP contribution in [0, 0.1) is 5.82 Å². The smallest absolute Gasteiger partial charge is 0.294 e. The molecule has 4 aromatic rings. The molecule has 0 spiro atoms. The molecule has 1 aromatic heterocycles. The van der Waals surface area contributed by atoms with Crippen molar-refractivity contribution in [2.75, 3.05) is 0 Å². The van der Waals surface area contributed by atoms with Crippen molar-refractivity contribution in [2.45, 2.75) is 19.9 Å². The lowest BCUT2D eigenvalue weighted by Crippen LogP contribution is -2.39. The second-order valence-electron chi connectivity index (χ2n) is 6.95. The van der Waals surface area contributed by atoms with Crippen LogP contribution >= 0.6 is 0 Å². The van der Waals surface area contributed by atoms with Gasteiger partial charge in [-0.05, 0) is 29.8 Å². The average molecular weight is 402 g/mol. The normalized spacial score (nSPS) is 11.0. The van der Waals surface area contributed by atoms with Crippen LogP contribution in [0.4, 0.5) is 4.39 Å². The molecule has 150 valence electrons. The van der Waals surface area contributed by atoms with Crippen LogP contribution in [0.15, 0.2) is 82.4 Å². The second-order valence-corrected chi connectivity index (χ2v) is 6.95. The van der Waals surface area contributed by atoms with E-state index in [4.69, 9.17) is 0 Å². The minimum atomic E-state index is -0.652. The Morgan fingerprint density at radius 3 is 2.27 bits per heavy atom. The summed E-state index contributed by atoms with van der Waals surface area (Å²) in [5.41, 5.74) is 0.575. The third-order valence-electron chi connectivity index (χ3n) is 5.08. The fraction of sp³-hybridized carbons (Fsp3) is 0.125. The van der Waals surface area contributed by atoms with Gasteiger partial charge in [0.2, 0.25) is 0 Å². The highest BCUT2D eigenvalue weighted by Crippen LogP contribution is 2.15. The van der Waals surface area contributed by atoms with Crippen LogP contribution in [0.25, 0.3) is 16.6 Å². The van der Waals surface area contributed by atoms with Gasteiger partial charge in [0.15, 0.2) is 5.78 Å². The molecular weight excluding hydrogens is 383 g/mol. The van der Waals surface area contributed by atoms with Crippen LogP contribution in [-0.2, 0) is 6.54 Å². The number of aromatic nitrogens is 2. The van der Waals surface area contributed by atoms with Crippen molar-refractivity contribution in [1.82, 2.24) is 9.13 Å².